The van der Waals surface area contributed by atoms with Crippen LogP contribution >= 0.6 is 0 Å². The summed E-state index contributed by atoms with van der Waals surface area (Å²) in [6, 6.07) is 12.4. The zero-order valence-corrected chi connectivity index (χ0v) is 11.6. The van der Waals surface area contributed by atoms with E-state index in [1.165, 1.54) is 10.9 Å². The number of pyridine rings is 1. The lowest BCUT2D eigenvalue weighted by Crippen LogP contribution is -2.04. The standard InChI is InChI=1S/C17H13N3O/c1-19-8-6-11-7-9-20-13-10-12-4-2-3-5-14(12)21-17(13)18-16(20)15(11)19/h2-9H,10H2,1H3. The van der Waals surface area contributed by atoms with E-state index in [2.05, 4.69) is 39.6 Å². The van der Waals surface area contributed by atoms with Gasteiger partial charge in [-0.15, -0.1) is 0 Å². The molecule has 21 heavy (non-hydrogen) atoms. The number of imidazole rings is 1. The molecule has 102 valence electrons. The Hall–Kier alpha value is -2.75. The van der Waals surface area contributed by atoms with Crippen molar-refractivity contribution in [2.75, 3.05) is 0 Å². The summed E-state index contributed by atoms with van der Waals surface area (Å²) in [5.41, 5.74) is 4.42. The van der Waals surface area contributed by atoms with E-state index in [9.17, 15) is 0 Å². The number of aromatic nitrogens is 3. The van der Waals surface area contributed by atoms with Crippen LogP contribution in [0.2, 0.25) is 0 Å². The van der Waals surface area contributed by atoms with Gasteiger partial charge in [0.1, 0.15) is 5.75 Å². The Morgan fingerprint density at radius 1 is 1.10 bits per heavy atom. The Morgan fingerprint density at radius 2 is 1.95 bits per heavy atom. The Labute approximate surface area is 121 Å². The number of nitrogens with zero attached hydrogens (tertiary/aromatic N) is 3. The van der Waals surface area contributed by atoms with Crippen molar-refractivity contribution in [2.45, 2.75) is 6.42 Å². The highest BCUT2D eigenvalue weighted by atomic mass is 16.5. The fourth-order valence-corrected chi connectivity index (χ4v) is 3.17. The predicted molar refractivity (Wildman–Crippen MR) is 81.0 cm³/mol. The molecule has 0 spiro atoms. The third kappa shape index (κ3) is 1.36. The average molecular weight is 275 g/mol. The molecule has 0 atom stereocenters. The van der Waals surface area contributed by atoms with Crippen LogP contribution in [0, 0.1) is 0 Å². The highest BCUT2D eigenvalue weighted by Gasteiger charge is 2.23. The van der Waals surface area contributed by atoms with Crippen molar-refractivity contribution < 1.29 is 4.74 Å². The molecule has 1 aromatic carbocycles. The molecule has 0 aliphatic carbocycles. The van der Waals surface area contributed by atoms with Gasteiger partial charge in [-0.3, -0.25) is 4.40 Å². The lowest BCUT2D eigenvalue weighted by Gasteiger charge is -2.15. The van der Waals surface area contributed by atoms with Crippen LogP contribution in [0.4, 0.5) is 0 Å². The number of aryl methyl sites for hydroxylation is 1. The van der Waals surface area contributed by atoms with Crippen molar-refractivity contribution in [3.63, 3.8) is 0 Å². The molecule has 1 aliphatic heterocycles. The number of para-hydroxylation sites is 1. The molecule has 1 aliphatic rings. The molecule has 3 aromatic heterocycles. The van der Waals surface area contributed by atoms with Crippen LogP contribution in [0.3, 0.4) is 0 Å². The van der Waals surface area contributed by atoms with Crippen LogP contribution in [0.5, 0.6) is 11.6 Å². The number of ether oxygens (including phenoxy) is 1. The summed E-state index contributed by atoms with van der Waals surface area (Å²) in [4.78, 5) is 4.73. The van der Waals surface area contributed by atoms with Gasteiger partial charge in [-0.25, -0.2) is 0 Å². The Balaban J connectivity index is 1.85. The molecular weight excluding hydrogens is 262 g/mol. The molecule has 4 heterocycles. The fraction of sp³-hybridized carbons (Fsp3) is 0.118. The van der Waals surface area contributed by atoms with Crippen LogP contribution in [0.25, 0.3) is 16.6 Å². The van der Waals surface area contributed by atoms with E-state index in [0.29, 0.717) is 0 Å². The Bertz CT molecular complexity index is 1010. The van der Waals surface area contributed by atoms with Crippen molar-refractivity contribution in [2.24, 2.45) is 7.05 Å². The summed E-state index contributed by atoms with van der Waals surface area (Å²) in [6.07, 6.45) is 5.00. The van der Waals surface area contributed by atoms with Crippen LogP contribution in [0.1, 0.15) is 11.3 Å². The normalized spacial score (nSPS) is 13.2. The first-order valence-electron chi connectivity index (χ1n) is 7.02. The molecule has 4 aromatic rings. The molecule has 4 heteroatoms. The number of hydrogen-bond donors (Lipinski definition) is 0. The zero-order chi connectivity index (χ0) is 14.0. The molecule has 4 nitrogen and oxygen atoms in total. The van der Waals surface area contributed by atoms with Gasteiger partial charge in [-0.2, -0.15) is 4.98 Å². The molecular formula is C17H13N3O. The van der Waals surface area contributed by atoms with Gasteiger partial charge < -0.3 is 9.30 Å². The minimum Gasteiger partial charge on any atom is -0.437 e. The van der Waals surface area contributed by atoms with Crippen LogP contribution in [-0.2, 0) is 13.5 Å². The molecule has 0 unspecified atom stereocenters. The second kappa shape index (κ2) is 3.67. The molecule has 0 N–H and O–H groups in total. The smallest absolute Gasteiger partial charge is 0.241 e. The monoisotopic (exact) mass is 275 g/mol. The molecule has 0 amide bonds. The number of fused-ring (bicyclic) bond motifs is 6. The molecule has 0 saturated carbocycles. The van der Waals surface area contributed by atoms with Gasteiger partial charge >= 0.3 is 0 Å². The van der Waals surface area contributed by atoms with Gasteiger partial charge in [-0.1, -0.05) is 18.2 Å². The van der Waals surface area contributed by atoms with Crippen LogP contribution < -0.4 is 4.74 Å². The molecule has 5 rings (SSSR count). The van der Waals surface area contributed by atoms with Gasteiger partial charge in [0.15, 0.2) is 5.65 Å². The summed E-state index contributed by atoms with van der Waals surface area (Å²) >= 11 is 0. The van der Waals surface area contributed by atoms with E-state index in [1.54, 1.807) is 0 Å². The first kappa shape index (κ1) is 11.0. The Kier molecular flexibility index (Phi) is 1.91. The van der Waals surface area contributed by atoms with Crippen molar-refractivity contribution in [1.29, 1.82) is 0 Å². The van der Waals surface area contributed by atoms with Gasteiger partial charge in [0.2, 0.25) is 5.88 Å². The maximum Gasteiger partial charge on any atom is 0.241 e. The van der Waals surface area contributed by atoms with E-state index in [-0.39, 0.29) is 0 Å². The molecule has 0 fully saturated rings. The van der Waals surface area contributed by atoms with Crippen LogP contribution in [-0.4, -0.2) is 14.0 Å². The lowest BCUT2D eigenvalue weighted by atomic mass is 10.1. The SMILES string of the molecule is Cn1ccc2ccn3c4c(nc3c21)Oc1ccccc1C4. The topological polar surface area (TPSA) is 31.5 Å². The maximum absolute atomic E-state index is 5.99. The van der Waals surface area contributed by atoms with Crippen molar-refractivity contribution in [3.8, 4) is 11.6 Å². The molecule has 0 saturated heterocycles. The molecule has 0 radical (unpaired) electrons. The van der Waals surface area contributed by atoms with E-state index in [4.69, 9.17) is 9.72 Å². The van der Waals surface area contributed by atoms with Crippen molar-refractivity contribution in [3.05, 3.63) is 60.0 Å². The van der Waals surface area contributed by atoms with Gasteiger partial charge in [0.25, 0.3) is 0 Å². The van der Waals surface area contributed by atoms with E-state index < -0.39 is 0 Å². The van der Waals surface area contributed by atoms with Crippen LogP contribution in [0.15, 0.2) is 48.8 Å². The second-order valence-corrected chi connectivity index (χ2v) is 5.49. The van der Waals surface area contributed by atoms with E-state index >= 15 is 0 Å². The fourth-order valence-electron chi connectivity index (χ4n) is 3.17. The first-order chi connectivity index (χ1) is 10.3. The summed E-state index contributed by atoms with van der Waals surface area (Å²) in [7, 11) is 2.05. The minimum absolute atomic E-state index is 0.724. The first-order valence-corrected chi connectivity index (χ1v) is 7.02. The summed E-state index contributed by atoms with van der Waals surface area (Å²) < 4.78 is 10.2. The quantitative estimate of drug-likeness (QED) is 0.433. The number of hydrogen-bond acceptors (Lipinski definition) is 2. The largest absolute Gasteiger partial charge is 0.437 e. The summed E-state index contributed by atoms with van der Waals surface area (Å²) in [6.45, 7) is 0. The maximum atomic E-state index is 5.99. The number of benzene rings is 1. The summed E-state index contributed by atoms with van der Waals surface area (Å²) in [5, 5.41) is 1.20. The van der Waals surface area contributed by atoms with Gasteiger partial charge in [0.05, 0.1) is 11.2 Å². The highest BCUT2D eigenvalue weighted by Crippen LogP contribution is 2.37. The number of rotatable bonds is 0. The molecule has 0 bridgehead atoms. The van der Waals surface area contributed by atoms with Gasteiger partial charge in [-0.05, 0) is 18.2 Å². The third-order valence-electron chi connectivity index (χ3n) is 4.23. The minimum atomic E-state index is 0.724. The van der Waals surface area contributed by atoms with Gasteiger partial charge in [0, 0.05) is 36.8 Å². The van der Waals surface area contributed by atoms with Crippen molar-refractivity contribution in [1.82, 2.24) is 14.0 Å². The average Bonchev–Trinajstić information content (AvgIpc) is 3.05. The third-order valence-corrected chi connectivity index (χ3v) is 4.23. The lowest BCUT2D eigenvalue weighted by molar-refractivity contribution is 0.443. The predicted octanol–water partition coefficient (Wildman–Crippen LogP) is 3.52. The van der Waals surface area contributed by atoms with E-state index in [0.717, 1.165) is 34.9 Å². The second-order valence-electron chi connectivity index (χ2n) is 5.49. The highest BCUT2D eigenvalue weighted by molar-refractivity contribution is 5.92. The van der Waals surface area contributed by atoms with E-state index in [1.807, 2.05) is 25.2 Å². The zero-order valence-electron chi connectivity index (χ0n) is 11.6. The summed E-state index contributed by atoms with van der Waals surface area (Å²) in [5.74, 6) is 1.64. The Morgan fingerprint density at radius 3 is 2.90 bits per heavy atom. The van der Waals surface area contributed by atoms with Crippen molar-refractivity contribution >= 4 is 16.6 Å².